The summed E-state index contributed by atoms with van der Waals surface area (Å²) in [4.78, 5) is 12.7. The summed E-state index contributed by atoms with van der Waals surface area (Å²) in [7, 11) is -3.87. The van der Waals surface area contributed by atoms with E-state index in [4.69, 9.17) is 4.74 Å². The summed E-state index contributed by atoms with van der Waals surface area (Å²) in [5.41, 5.74) is 2.91. The number of hydrogen-bond donors (Lipinski definition) is 2. The fourth-order valence-corrected chi connectivity index (χ4v) is 4.73. The average Bonchev–Trinajstić information content (AvgIpc) is 3.37. The molecule has 0 radical (unpaired) electrons. The molecule has 0 saturated carbocycles. The van der Waals surface area contributed by atoms with Crippen LogP contribution in [0, 0.1) is 6.92 Å². The fraction of sp³-hybridized carbons (Fsp3) is 0.167. The van der Waals surface area contributed by atoms with Gasteiger partial charge >= 0.3 is 0 Å². The van der Waals surface area contributed by atoms with Gasteiger partial charge in [0.15, 0.2) is 0 Å². The van der Waals surface area contributed by atoms with E-state index in [1.165, 1.54) is 17.1 Å². The van der Waals surface area contributed by atoms with Gasteiger partial charge in [0.05, 0.1) is 23.6 Å². The van der Waals surface area contributed by atoms with Crippen molar-refractivity contribution in [3.8, 4) is 11.4 Å². The molecule has 4 rings (SSSR count). The second-order valence-electron chi connectivity index (χ2n) is 7.69. The standard InChI is InChI=1S/C24H24N6O4S/c1-3-34-22-12-8-19(9-13-22)27-35(32,33)23-15-20(7-4-17(23)2)26-24(31)14-18-5-10-21(11-6-18)30-16-25-28-29-30/h4-13,15-16,27H,3,14H2,1-2H3,(H,26,31). The number of ether oxygens (including phenoxy) is 1. The van der Waals surface area contributed by atoms with Gasteiger partial charge < -0.3 is 10.1 Å². The second-order valence-corrected chi connectivity index (χ2v) is 9.34. The molecule has 1 heterocycles. The van der Waals surface area contributed by atoms with Gasteiger partial charge in [-0.3, -0.25) is 9.52 Å². The Morgan fingerprint density at radius 1 is 1.00 bits per heavy atom. The van der Waals surface area contributed by atoms with Crippen molar-refractivity contribution >= 4 is 27.3 Å². The number of tetrazole rings is 1. The Morgan fingerprint density at radius 2 is 1.71 bits per heavy atom. The summed E-state index contributed by atoms with van der Waals surface area (Å²) < 4.78 is 35.5. The van der Waals surface area contributed by atoms with Crippen LogP contribution in [-0.2, 0) is 21.2 Å². The van der Waals surface area contributed by atoms with E-state index in [1.807, 2.05) is 31.2 Å². The fourth-order valence-electron chi connectivity index (χ4n) is 3.40. The molecule has 0 unspecified atom stereocenters. The Morgan fingerprint density at radius 3 is 2.37 bits per heavy atom. The van der Waals surface area contributed by atoms with Crippen LogP contribution in [0.2, 0.25) is 0 Å². The predicted octanol–water partition coefficient (Wildman–Crippen LogP) is 3.35. The number of anilines is 2. The first kappa shape index (κ1) is 23.9. The lowest BCUT2D eigenvalue weighted by molar-refractivity contribution is -0.115. The minimum atomic E-state index is -3.87. The maximum absolute atomic E-state index is 13.0. The van der Waals surface area contributed by atoms with E-state index in [0.717, 1.165) is 11.3 Å². The van der Waals surface area contributed by atoms with E-state index in [-0.39, 0.29) is 17.2 Å². The van der Waals surface area contributed by atoms with E-state index in [0.29, 0.717) is 29.3 Å². The molecule has 0 aliphatic rings. The maximum Gasteiger partial charge on any atom is 0.262 e. The maximum atomic E-state index is 13.0. The molecule has 0 spiro atoms. The van der Waals surface area contributed by atoms with Crippen LogP contribution in [0.5, 0.6) is 5.75 Å². The molecule has 0 fully saturated rings. The highest BCUT2D eigenvalue weighted by Crippen LogP contribution is 2.24. The third-order valence-electron chi connectivity index (χ3n) is 5.09. The topological polar surface area (TPSA) is 128 Å². The van der Waals surface area contributed by atoms with Crippen molar-refractivity contribution in [1.29, 1.82) is 0 Å². The number of carbonyl (C=O) groups excluding carboxylic acids is 1. The highest BCUT2D eigenvalue weighted by Gasteiger charge is 2.18. The van der Waals surface area contributed by atoms with Crippen LogP contribution < -0.4 is 14.8 Å². The Hall–Kier alpha value is -4.25. The molecule has 35 heavy (non-hydrogen) atoms. The Kier molecular flexibility index (Phi) is 7.06. The number of rotatable bonds is 9. The van der Waals surface area contributed by atoms with Crippen molar-refractivity contribution in [1.82, 2.24) is 20.2 Å². The Labute approximate surface area is 203 Å². The van der Waals surface area contributed by atoms with E-state index in [2.05, 4.69) is 25.6 Å². The van der Waals surface area contributed by atoms with Crippen molar-refractivity contribution in [3.05, 3.63) is 84.2 Å². The summed E-state index contributed by atoms with van der Waals surface area (Å²) in [5.74, 6) is 0.383. The second kappa shape index (κ2) is 10.3. The molecule has 1 amide bonds. The van der Waals surface area contributed by atoms with Crippen molar-refractivity contribution in [2.45, 2.75) is 25.2 Å². The molecule has 1 aromatic heterocycles. The predicted molar refractivity (Wildman–Crippen MR) is 131 cm³/mol. The molecule has 0 aliphatic heterocycles. The Balaban J connectivity index is 1.44. The molecule has 180 valence electrons. The molecule has 10 nitrogen and oxygen atoms in total. The SMILES string of the molecule is CCOc1ccc(NS(=O)(=O)c2cc(NC(=O)Cc3ccc(-n4cnnn4)cc3)ccc2C)cc1. The van der Waals surface area contributed by atoms with Crippen LogP contribution in [-0.4, -0.2) is 41.1 Å². The number of benzene rings is 3. The zero-order valence-electron chi connectivity index (χ0n) is 19.2. The Bertz CT molecular complexity index is 1400. The molecule has 0 atom stereocenters. The number of amides is 1. The molecule has 3 aromatic carbocycles. The molecule has 0 saturated heterocycles. The summed E-state index contributed by atoms with van der Waals surface area (Å²) >= 11 is 0. The molecular weight excluding hydrogens is 468 g/mol. The first-order valence-corrected chi connectivity index (χ1v) is 12.3. The van der Waals surface area contributed by atoms with Crippen LogP contribution in [0.25, 0.3) is 5.69 Å². The summed E-state index contributed by atoms with van der Waals surface area (Å²) in [6, 6.07) is 18.7. The molecule has 0 bridgehead atoms. The normalized spacial score (nSPS) is 11.1. The lowest BCUT2D eigenvalue weighted by Crippen LogP contribution is -2.17. The van der Waals surface area contributed by atoms with Crippen LogP contribution in [0.3, 0.4) is 0 Å². The lowest BCUT2D eigenvalue weighted by Gasteiger charge is -2.13. The molecule has 0 aliphatic carbocycles. The number of nitrogens with zero attached hydrogens (tertiary/aromatic N) is 4. The first-order valence-electron chi connectivity index (χ1n) is 10.8. The van der Waals surface area contributed by atoms with E-state index >= 15 is 0 Å². The van der Waals surface area contributed by atoms with Gasteiger partial charge in [0.1, 0.15) is 12.1 Å². The largest absolute Gasteiger partial charge is 0.494 e. The third-order valence-corrected chi connectivity index (χ3v) is 6.62. The van der Waals surface area contributed by atoms with E-state index in [9.17, 15) is 13.2 Å². The highest BCUT2D eigenvalue weighted by molar-refractivity contribution is 7.92. The smallest absolute Gasteiger partial charge is 0.262 e. The number of carbonyl (C=O) groups is 1. The zero-order chi connectivity index (χ0) is 24.8. The number of sulfonamides is 1. The number of aromatic nitrogens is 4. The van der Waals surface area contributed by atoms with Crippen molar-refractivity contribution < 1.29 is 17.9 Å². The minimum absolute atomic E-state index is 0.0787. The van der Waals surface area contributed by atoms with Gasteiger partial charge in [0.25, 0.3) is 10.0 Å². The minimum Gasteiger partial charge on any atom is -0.494 e. The van der Waals surface area contributed by atoms with Crippen LogP contribution in [0.1, 0.15) is 18.1 Å². The highest BCUT2D eigenvalue weighted by atomic mass is 32.2. The average molecular weight is 493 g/mol. The van der Waals surface area contributed by atoms with Gasteiger partial charge in [0, 0.05) is 11.4 Å². The first-order chi connectivity index (χ1) is 16.8. The molecule has 4 aromatic rings. The molecular formula is C24H24N6O4S. The number of hydrogen-bond acceptors (Lipinski definition) is 7. The van der Waals surface area contributed by atoms with E-state index in [1.54, 1.807) is 43.3 Å². The summed E-state index contributed by atoms with van der Waals surface area (Å²) in [6.07, 6.45) is 1.60. The van der Waals surface area contributed by atoms with Crippen LogP contribution in [0.15, 0.2) is 78.0 Å². The summed E-state index contributed by atoms with van der Waals surface area (Å²) in [6.45, 7) is 4.10. The molecule has 2 N–H and O–H groups in total. The van der Waals surface area contributed by atoms with Gasteiger partial charge in [-0.05, 0) is 83.9 Å². The van der Waals surface area contributed by atoms with Crippen molar-refractivity contribution in [2.24, 2.45) is 0 Å². The lowest BCUT2D eigenvalue weighted by atomic mass is 10.1. The zero-order valence-corrected chi connectivity index (χ0v) is 20.0. The quantitative estimate of drug-likeness (QED) is 0.367. The third kappa shape index (κ3) is 6.01. The van der Waals surface area contributed by atoms with Gasteiger partial charge in [-0.1, -0.05) is 18.2 Å². The van der Waals surface area contributed by atoms with Gasteiger partial charge in [-0.25, -0.2) is 13.1 Å². The van der Waals surface area contributed by atoms with E-state index < -0.39 is 10.0 Å². The van der Waals surface area contributed by atoms with Crippen LogP contribution in [0.4, 0.5) is 11.4 Å². The number of aryl methyl sites for hydroxylation is 1. The molecule has 11 heteroatoms. The number of nitrogens with one attached hydrogen (secondary N) is 2. The van der Waals surface area contributed by atoms with Crippen molar-refractivity contribution in [2.75, 3.05) is 16.6 Å². The van der Waals surface area contributed by atoms with Gasteiger partial charge in [-0.2, -0.15) is 0 Å². The van der Waals surface area contributed by atoms with Gasteiger partial charge in [-0.15, -0.1) is 5.10 Å². The summed E-state index contributed by atoms with van der Waals surface area (Å²) in [5, 5.41) is 13.8. The van der Waals surface area contributed by atoms with Crippen molar-refractivity contribution in [3.63, 3.8) is 0 Å². The van der Waals surface area contributed by atoms with Crippen LogP contribution >= 0.6 is 0 Å². The van der Waals surface area contributed by atoms with Gasteiger partial charge in [0.2, 0.25) is 5.91 Å². The monoisotopic (exact) mass is 492 g/mol.